The molecule has 0 spiro atoms. The third-order valence-electron chi connectivity index (χ3n) is 5.02. The van der Waals surface area contributed by atoms with E-state index in [1.165, 1.54) is 5.57 Å². The highest BCUT2D eigenvalue weighted by molar-refractivity contribution is 5.05. The van der Waals surface area contributed by atoms with E-state index in [4.69, 9.17) is 0 Å². The van der Waals surface area contributed by atoms with Crippen molar-refractivity contribution in [2.45, 2.75) is 41.5 Å². The molecule has 0 aromatic heterocycles. The van der Waals surface area contributed by atoms with E-state index in [9.17, 15) is 0 Å². The summed E-state index contributed by atoms with van der Waals surface area (Å²) in [5.41, 5.74) is 1.38. The Labute approximate surface area is 89.8 Å². The Morgan fingerprint density at radius 3 is 1.29 bits per heavy atom. The zero-order valence-electron chi connectivity index (χ0n) is 10.7. The molecular formula is C14H26. The van der Waals surface area contributed by atoms with Crippen molar-refractivity contribution in [2.75, 3.05) is 0 Å². The van der Waals surface area contributed by atoms with Crippen LogP contribution in [0.1, 0.15) is 41.5 Å². The molecule has 0 nitrogen and oxygen atoms in total. The third-order valence-corrected chi connectivity index (χ3v) is 5.02. The number of allylic oxidation sites excluding steroid dienone is 1. The minimum atomic E-state index is 0.733. The first-order valence-electron chi connectivity index (χ1n) is 6.03. The minimum Gasteiger partial charge on any atom is -0.0998 e. The van der Waals surface area contributed by atoms with Crippen LogP contribution in [0.2, 0.25) is 0 Å². The van der Waals surface area contributed by atoms with Crippen LogP contribution in [0.4, 0.5) is 0 Å². The quantitative estimate of drug-likeness (QED) is 0.544. The van der Waals surface area contributed by atoms with Gasteiger partial charge in [-0.25, -0.2) is 0 Å². The second-order valence-electron chi connectivity index (χ2n) is 5.67. The lowest BCUT2D eigenvalue weighted by molar-refractivity contribution is 0.0391. The monoisotopic (exact) mass is 194 g/mol. The second-order valence-corrected chi connectivity index (χ2v) is 5.67. The normalized spacial score (nSPS) is 49.0. The van der Waals surface area contributed by atoms with Gasteiger partial charge in [-0.15, -0.1) is 0 Å². The van der Waals surface area contributed by atoms with E-state index in [2.05, 4.69) is 48.1 Å². The summed E-state index contributed by atoms with van der Waals surface area (Å²) < 4.78 is 0. The first-order valence-corrected chi connectivity index (χ1v) is 6.03. The second kappa shape index (κ2) is 4.08. The zero-order chi connectivity index (χ0) is 11.0. The molecule has 0 aliphatic heterocycles. The molecule has 0 saturated heterocycles. The molecule has 1 aliphatic carbocycles. The standard InChI is InChI=1S/C14H26/c1-8(2)14-12(6)10(4)9(3)11(5)13(14)7/h9-14H,1H2,2-7H3. The number of hydrogen-bond acceptors (Lipinski definition) is 0. The van der Waals surface area contributed by atoms with Crippen molar-refractivity contribution < 1.29 is 0 Å². The molecule has 0 bridgehead atoms. The van der Waals surface area contributed by atoms with E-state index in [-0.39, 0.29) is 0 Å². The van der Waals surface area contributed by atoms with Crippen LogP contribution in [0, 0.1) is 35.5 Å². The highest BCUT2D eigenvalue weighted by Gasteiger charge is 2.40. The lowest BCUT2D eigenvalue weighted by Crippen LogP contribution is -2.41. The van der Waals surface area contributed by atoms with Crippen LogP contribution in [0.15, 0.2) is 12.2 Å². The van der Waals surface area contributed by atoms with Gasteiger partial charge >= 0.3 is 0 Å². The summed E-state index contributed by atoms with van der Waals surface area (Å²) in [6, 6.07) is 0. The third kappa shape index (κ3) is 1.76. The summed E-state index contributed by atoms with van der Waals surface area (Å²) in [6.45, 7) is 18.4. The van der Waals surface area contributed by atoms with Gasteiger partial charge in [0.2, 0.25) is 0 Å². The van der Waals surface area contributed by atoms with Crippen LogP contribution >= 0.6 is 0 Å². The Morgan fingerprint density at radius 1 is 0.714 bits per heavy atom. The molecule has 0 aromatic rings. The Hall–Kier alpha value is -0.260. The van der Waals surface area contributed by atoms with Crippen LogP contribution in [0.3, 0.4) is 0 Å². The molecule has 0 heteroatoms. The predicted molar refractivity (Wildman–Crippen MR) is 64.1 cm³/mol. The van der Waals surface area contributed by atoms with Gasteiger partial charge in [-0.2, -0.15) is 0 Å². The molecule has 0 amide bonds. The Balaban J connectivity index is 2.92. The molecule has 4 atom stereocenters. The minimum absolute atomic E-state index is 0.733. The fourth-order valence-corrected chi connectivity index (χ4v) is 3.47. The summed E-state index contributed by atoms with van der Waals surface area (Å²) >= 11 is 0. The maximum atomic E-state index is 4.17. The summed E-state index contributed by atoms with van der Waals surface area (Å²) in [6.07, 6.45) is 0. The van der Waals surface area contributed by atoms with E-state index >= 15 is 0 Å². The van der Waals surface area contributed by atoms with Gasteiger partial charge < -0.3 is 0 Å². The fraction of sp³-hybridized carbons (Fsp3) is 0.857. The molecule has 1 rings (SSSR count). The van der Waals surface area contributed by atoms with Crippen LogP contribution in [-0.2, 0) is 0 Å². The molecular weight excluding hydrogens is 168 g/mol. The average molecular weight is 194 g/mol. The number of hydrogen-bond donors (Lipinski definition) is 0. The lowest BCUT2D eigenvalue weighted by Gasteiger charge is -2.47. The van der Waals surface area contributed by atoms with E-state index in [1.807, 2.05) is 0 Å². The van der Waals surface area contributed by atoms with Crippen LogP contribution in [0.25, 0.3) is 0 Å². The molecule has 4 unspecified atom stereocenters. The van der Waals surface area contributed by atoms with Gasteiger partial charge in [-0.3, -0.25) is 0 Å². The molecule has 0 radical (unpaired) electrons. The molecule has 0 N–H and O–H groups in total. The summed E-state index contributed by atoms with van der Waals surface area (Å²) in [5, 5.41) is 0. The molecule has 1 fully saturated rings. The smallest absolute Gasteiger partial charge is 0.0152 e. The number of rotatable bonds is 1. The van der Waals surface area contributed by atoms with Crippen LogP contribution < -0.4 is 0 Å². The van der Waals surface area contributed by atoms with Crippen molar-refractivity contribution in [3.63, 3.8) is 0 Å². The maximum Gasteiger partial charge on any atom is -0.0152 e. The van der Waals surface area contributed by atoms with E-state index in [1.54, 1.807) is 0 Å². The van der Waals surface area contributed by atoms with Gasteiger partial charge in [0.1, 0.15) is 0 Å². The summed E-state index contributed by atoms with van der Waals surface area (Å²) in [4.78, 5) is 0. The maximum absolute atomic E-state index is 4.17. The van der Waals surface area contributed by atoms with Crippen molar-refractivity contribution in [2.24, 2.45) is 35.5 Å². The summed E-state index contributed by atoms with van der Waals surface area (Å²) in [7, 11) is 0. The molecule has 1 saturated carbocycles. The van der Waals surface area contributed by atoms with Crippen LogP contribution in [0.5, 0.6) is 0 Å². The van der Waals surface area contributed by atoms with Crippen molar-refractivity contribution in [1.29, 1.82) is 0 Å². The Kier molecular flexibility index (Phi) is 3.44. The molecule has 82 valence electrons. The van der Waals surface area contributed by atoms with Crippen molar-refractivity contribution >= 4 is 0 Å². The van der Waals surface area contributed by atoms with Gasteiger partial charge in [0.25, 0.3) is 0 Å². The Morgan fingerprint density at radius 2 is 1.00 bits per heavy atom. The molecule has 1 aliphatic rings. The van der Waals surface area contributed by atoms with Gasteiger partial charge in [0, 0.05) is 0 Å². The van der Waals surface area contributed by atoms with E-state index in [0.29, 0.717) is 0 Å². The van der Waals surface area contributed by atoms with Gasteiger partial charge in [-0.1, -0.05) is 46.8 Å². The first kappa shape index (κ1) is 11.8. The molecule has 14 heavy (non-hydrogen) atoms. The SMILES string of the molecule is C=C(C)C1C(C)C(C)C(C)C(C)C1C. The first-order chi connectivity index (χ1) is 6.37. The van der Waals surface area contributed by atoms with E-state index in [0.717, 1.165) is 35.5 Å². The van der Waals surface area contributed by atoms with Gasteiger partial charge in [0.05, 0.1) is 0 Å². The lowest BCUT2D eigenvalue weighted by atomic mass is 9.58. The van der Waals surface area contributed by atoms with Gasteiger partial charge in [-0.05, 0) is 42.4 Å². The zero-order valence-corrected chi connectivity index (χ0v) is 10.7. The summed E-state index contributed by atoms with van der Waals surface area (Å²) in [5.74, 6) is 4.86. The fourth-order valence-electron chi connectivity index (χ4n) is 3.47. The van der Waals surface area contributed by atoms with Gasteiger partial charge in [0.15, 0.2) is 0 Å². The predicted octanol–water partition coefficient (Wildman–Crippen LogP) is 4.37. The Bertz CT molecular complexity index is 200. The topological polar surface area (TPSA) is 0 Å². The highest BCUT2D eigenvalue weighted by atomic mass is 14.5. The van der Waals surface area contributed by atoms with Crippen molar-refractivity contribution in [3.05, 3.63) is 12.2 Å². The van der Waals surface area contributed by atoms with Crippen molar-refractivity contribution in [3.8, 4) is 0 Å². The highest BCUT2D eigenvalue weighted by Crippen LogP contribution is 2.47. The van der Waals surface area contributed by atoms with Crippen LogP contribution in [-0.4, -0.2) is 0 Å². The molecule has 0 aromatic carbocycles. The largest absolute Gasteiger partial charge is 0.0998 e. The van der Waals surface area contributed by atoms with E-state index < -0.39 is 0 Å². The molecule has 0 heterocycles. The van der Waals surface area contributed by atoms with Crippen molar-refractivity contribution in [1.82, 2.24) is 0 Å². The average Bonchev–Trinajstić information content (AvgIpc) is 2.11.